The number of hydroxylamine groups is 2. The second-order valence-corrected chi connectivity index (χ2v) is 35.1. The zero-order valence-corrected chi connectivity index (χ0v) is 74.9. The van der Waals surface area contributed by atoms with Crippen molar-refractivity contribution in [2.24, 2.45) is 52.9 Å². The molecule has 5 amide bonds. The molecule has 0 bridgehead atoms. The number of nitrogens with one attached hydrogen (secondary N) is 5. The van der Waals surface area contributed by atoms with Gasteiger partial charge in [0.05, 0.1) is 36.3 Å². The number of imide groups is 2. The Morgan fingerprint density at radius 1 is 0.432 bits per heavy atom. The summed E-state index contributed by atoms with van der Waals surface area (Å²) in [6, 6.07) is 48.2. The fourth-order valence-corrected chi connectivity index (χ4v) is 18.4. The van der Waals surface area contributed by atoms with Gasteiger partial charge in [-0.05, 0) is 96.6 Å². The van der Waals surface area contributed by atoms with E-state index in [0.717, 1.165) is 121 Å². The maximum atomic E-state index is 12.7. The second-order valence-electron chi connectivity index (χ2n) is 35.1. The van der Waals surface area contributed by atoms with E-state index in [-0.39, 0.29) is 113 Å². The van der Waals surface area contributed by atoms with E-state index in [2.05, 4.69) is 205 Å². The van der Waals surface area contributed by atoms with Gasteiger partial charge in [-0.2, -0.15) is 5.10 Å². The number of fused-ring (bicyclic) bond motifs is 2. The first-order chi connectivity index (χ1) is 63.6. The lowest BCUT2D eigenvalue weighted by molar-refractivity contribution is -0.202. The summed E-state index contributed by atoms with van der Waals surface area (Å²) in [6.07, 6.45) is 6.34. The molecule has 4 unspecified atom stereocenters. The molecule has 0 radical (unpaired) electrons. The average molecular weight is 1810 g/mol. The van der Waals surface area contributed by atoms with Gasteiger partial charge in [0.15, 0.2) is 5.52 Å². The number of nitrogens with two attached hydrogens (primary N) is 3. The number of likely N-dealkylation sites (tertiary alicyclic amines) is 4. The van der Waals surface area contributed by atoms with Gasteiger partial charge in [-0.25, -0.2) is 14.3 Å². The van der Waals surface area contributed by atoms with Gasteiger partial charge in [0.2, 0.25) is 5.91 Å². The van der Waals surface area contributed by atoms with Crippen LogP contribution >= 0.6 is 0 Å². The molecule has 9 aliphatic heterocycles. The third-order valence-corrected chi connectivity index (χ3v) is 25.7. The molecular weight excluding hydrogens is 1690 g/mol. The van der Waals surface area contributed by atoms with Crippen LogP contribution in [0.4, 0.5) is 0 Å². The first kappa shape index (κ1) is 97.2. The number of rotatable bonds is 21. The number of ether oxygens (including phenoxy) is 3. The van der Waals surface area contributed by atoms with E-state index in [1.54, 1.807) is 35.0 Å². The monoisotopic (exact) mass is 1810 g/mol. The SMILES string of the molecule is C[C@@H]1CN(Cc2ccccc2)CC1c1nn2c(C3CCOCC3)ncc2c(=O)[nH]1.C[C@@H]1CN(Cc2ccccc2)CC1c1nnc(CN)c(=O)[nH]1.C[C@@H]1CN(Cc2ccccc2)CC1c1nnc(CN2C(=O)c3ccccc3C2=O)c(=O)[nH]1.C[C@@H]1CN(Cc2ccccc2)CC1c1nnc(CNC(=O)C2CCOCC2)c(=O)[nH]1.NN.O.O=C(ON1C(=O)CCC1=O)C1CCOCC1. The van der Waals surface area contributed by atoms with Crippen LogP contribution in [-0.4, -0.2) is 228 Å². The lowest BCUT2D eigenvalue weighted by atomic mass is 9.97. The third kappa shape index (κ3) is 24.7. The van der Waals surface area contributed by atoms with Gasteiger partial charge in [-0.3, -0.25) is 79.3 Å². The standard InChI is InChI=1S/C24H23N5O3.C22H29N5O3.C22H27N5O2.C16H21N5O.C10H13NO5.H4N2.H2O/c1-15-11-28(12-16-7-3-2-4-8-16)13-19(15)21-25-22(30)20(26-27-21)14-29-23(31)17-9-5-6-10-18(17)24(29)32;1-15-12-27(13-16-5-3-2-4-6-16)14-18(15)20-24-22(29)19(25-26-20)11-23-21(28)17-7-9-30-10-8-17;1-15-12-26(13-16-5-3-2-4-6-16)14-18(15)20-24-22(28)19-11-23-21(27(19)25-20)17-7-9-29-10-8-17;1-11-8-21(9-12-5-3-2-4-6-12)10-13(11)15-18-16(22)14(7-17)19-20-15;12-8-1-2-9(13)11(8)16-10(14)7-3-5-15-6-4-7;1-2;/h2-10,15,19H,11-14H2,1H3,(H,25,27,30);2-6,15,17-18H,7-14H2,1H3,(H,23,28)(H,24,26,29);2-6,11,15,17-18H,7-10,12-14H2,1H3,(H,24,25,28);2-6,11,13H,7-10,17H2,1H3,(H,18,20,22);7H,1-6H2;1-2H2;1H2/t15-,19?;2*15-,18?;11-,13?;;;/m1111.../s1. The number of aromatic amines is 4. The van der Waals surface area contributed by atoms with E-state index < -0.39 is 35.2 Å². The van der Waals surface area contributed by atoms with E-state index >= 15 is 0 Å². The van der Waals surface area contributed by atoms with E-state index in [4.69, 9.17) is 29.9 Å². The largest absolute Gasteiger partial charge is 0.412 e. The Labute approximate surface area is 762 Å². The Bertz CT molecular complexity index is 5720. The number of carbonyl (C=O) groups is 6. The lowest BCUT2D eigenvalue weighted by Crippen LogP contribution is -2.36. The van der Waals surface area contributed by atoms with Crippen LogP contribution in [0, 0.1) is 35.5 Å². The van der Waals surface area contributed by atoms with Gasteiger partial charge in [0.25, 0.3) is 45.9 Å². The number of hydrazine groups is 1. The minimum absolute atomic E-state index is 0. The second kappa shape index (κ2) is 46.6. The number of hydrogen-bond donors (Lipinski definition) is 8. The van der Waals surface area contributed by atoms with E-state index in [0.29, 0.717) is 121 Å². The van der Waals surface area contributed by atoms with Gasteiger partial charge in [-0.15, -0.1) is 35.7 Å². The molecule has 9 aliphatic rings. The molecule has 13 N–H and O–H groups in total. The molecule has 38 heteroatoms. The molecule has 5 aromatic carbocycles. The van der Waals surface area contributed by atoms with Crippen molar-refractivity contribution in [2.45, 2.75) is 154 Å². The minimum atomic E-state index is -0.507. The molecule has 14 heterocycles. The van der Waals surface area contributed by atoms with Gasteiger partial charge >= 0.3 is 5.97 Å². The predicted molar refractivity (Wildman–Crippen MR) is 485 cm³/mol. The van der Waals surface area contributed by atoms with Crippen molar-refractivity contribution < 1.29 is 53.3 Å². The normalized spacial score (nSPS) is 21.9. The molecule has 10 aromatic rings. The molecule has 700 valence electrons. The minimum Gasteiger partial charge on any atom is -0.412 e. The molecule has 5 aromatic heterocycles. The van der Waals surface area contributed by atoms with E-state index in [1.807, 2.05) is 36.4 Å². The van der Waals surface area contributed by atoms with Crippen molar-refractivity contribution in [1.29, 1.82) is 0 Å². The van der Waals surface area contributed by atoms with Crippen molar-refractivity contribution in [1.82, 2.24) is 100 Å². The Morgan fingerprint density at radius 3 is 1.18 bits per heavy atom. The molecule has 19 rings (SSSR count). The number of benzene rings is 5. The maximum Gasteiger partial charge on any atom is 0.336 e. The smallest absolute Gasteiger partial charge is 0.336 e. The van der Waals surface area contributed by atoms with E-state index in [1.165, 1.54) is 22.3 Å². The quantitative estimate of drug-likeness (QED) is 0.0265. The zero-order chi connectivity index (χ0) is 92.0. The summed E-state index contributed by atoms with van der Waals surface area (Å²) in [5.74, 6) is 11.4. The molecule has 8 atom stereocenters. The van der Waals surface area contributed by atoms with Crippen molar-refractivity contribution in [3.63, 3.8) is 0 Å². The van der Waals surface area contributed by atoms with E-state index in [9.17, 15) is 47.9 Å². The summed E-state index contributed by atoms with van der Waals surface area (Å²) < 4.78 is 17.7. The Morgan fingerprint density at radius 2 is 0.788 bits per heavy atom. The number of nitrogens with zero attached hydrogens (tertiary/aromatic N) is 15. The Kier molecular flexibility index (Phi) is 34.3. The van der Waals surface area contributed by atoms with Crippen molar-refractivity contribution >= 4 is 41.0 Å². The summed E-state index contributed by atoms with van der Waals surface area (Å²) in [5, 5.41) is 33.2. The molecule has 38 nitrogen and oxygen atoms in total. The highest BCUT2D eigenvalue weighted by atomic mass is 16.7. The van der Waals surface area contributed by atoms with Crippen molar-refractivity contribution in [2.75, 3.05) is 92.0 Å². The summed E-state index contributed by atoms with van der Waals surface area (Å²) in [5.41, 5.74) is 11.4. The Hall–Kier alpha value is -12.3. The number of imidazole rings is 1. The van der Waals surface area contributed by atoms with Crippen LogP contribution in [0.15, 0.2) is 171 Å². The number of carbonyl (C=O) groups excluding carboxylic acids is 6. The van der Waals surface area contributed by atoms with Crippen molar-refractivity contribution in [3.8, 4) is 0 Å². The predicted octanol–water partition coefficient (Wildman–Crippen LogP) is 5.06. The van der Waals surface area contributed by atoms with Crippen LogP contribution in [-0.2, 0) is 84.0 Å². The molecule has 0 spiro atoms. The number of amides is 5. The Balaban J connectivity index is 0.000000142. The maximum absolute atomic E-state index is 12.7. The van der Waals surface area contributed by atoms with Crippen LogP contribution in [0.3, 0.4) is 0 Å². The van der Waals surface area contributed by atoms with Crippen LogP contribution in [0.5, 0.6) is 0 Å². The average Bonchev–Trinajstić information content (AvgIpc) is 1.62. The zero-order valence-electron chi connectivity index (χ0n) is 74.9. The molecule has 0 aliphatic carbocycles. The molecule has 132 heavy (non-hydrogen) atoms. The van der Waals surface area contributed by atoms with Crippen LogP contribution in [0.1, 0.15) is 198 Å². The van der Waals surface area contributed by atoms with Gasteiger partial charge < -0.3 is 55.5 Å². The van der Waals surface area contributed by atoms with Crippen LogP contribution in [0.25, 0.3) is 5.52 Å². The number of H-pyrrole nitrogens is 4. The summed E-state index contributed by atoms with van der Waals surface area (Å²) in [6.45, 7) is 23.3. The van der Waals surface area contributed by atoms with Gasteiger partial charge in [-0.1, -0.05) is 161 Å². The summed E-state index contributed by atoms with van der Waals surface area (Å²) in [4.78, 5) is 153. The highest BCUT2D eigenvalue weighted by Crippen LogP contribution is 2.36. The first-order valence-electron chi connectivity index (χ1n) is 45.1. The molecular formula is C94H119N23O15. The fourth-order valence-electron chi connectivity index (χ4n) is 18.4. The van der Waals surface area contributed by atoms with Crippen molar-refractivity contribution in [3.05, 3.63) is 273 Å². The first-order valence-corrected chi connectivity index (χ1v) is 45.1. The topological polar surface area (TPSA) is 519 Å². The molecule has 0 saturated carbocycles. The number of hydrogen-bond acceptors (Lipinski definition) is 29. The molecule has 8 saturated heterocycles. The highest BCUT2D eigenvalue weighted by Gasteiger charge is 2.41. The lowest BCUT2D eigenvalue weighted by Gasteiger charge is -2.22. The highest BCUT2D eigenvalue weighted by molar-refractivity contribution is 6.21. The molecule has 8 fully saturated rings. The third-order valence-electron chi connectivity index (χ3n) is 25.7. The fraction of sp³-hybridized carbons (Fsp3) is 0.468. The summed E-state index contributed by atoms with van der Waals surface area (Å²) in [7, 11) is 0. The van der Waals surface area contributed by atoms with Gasteiger partial charge in [0, 0.05) is 173 Å². The summed E-state index contributed by atoms with van der Waals surface area (Å²) >= 11 is 0. The van der Waals surface area contributed by atoms with Crippen LogP contribution < -0.4 is 45.0 Å². The van der Waals surface area contributed by atoms with Crippen LogP contribution in [0.2, 0.25) is 0 Å². The van der Waals surface area contributed by atoms with Gasteiger partial charge in [0.1, 0.15) is 46.2 Å². The number of aromatic nitrogens is 13.